The predicted octanol–water partition coefficient (Wildman–Crippen LogP) is 5.19. The number of carbonyl (C=O) groups excluding carboxylic acids is 3. The van der Waals surface area contributed by atoms with E-state index < -0.39 is 17.7 Å². The molecule has 1 aliphatic carbocycles. The molecule has 1 saturated carbocycles. The molecule has 254 valence electrons. The number of amides is 3. The van der Waals surface area contributed by atoms with Gasteiger partial charge in [-0.25, -0.2) is 9.80 Å². The third kappa shape index (κ3) is 8.00. The highest BCUT2D eigenvalue weighted by atomic mass is 16.6. The van der Waals surface area contributed by atoms with Gasteiger partial charge in [0.2, 0.25) is 11.8 Å². The number of nitrogens with zero attached hydrogens (tertiary/aromatic N) is 3. The fourth-order valence-electron chi connectivity index (χ4n) is 6.93. The SMILES string of the molecule is COc1cccc(C[C@@H](NC(=O)OC(C)(C)C)C(=O)N2CCC(N3N=C(c4ccc(OC)c(OC)c4)[C@H]4CCCC[C@H]4C3=O)CC2)c1. The maximum Gasteiger partial charge on any atom is 0.408 e. The molecule has 2 fully saturated rings. The maximum atomic E-state index is 13.9. The van der Waals surface area contributed by atoms with Crippen LogP contribution in [-0.4, -0.2) is 85.6 Å². The standard InChI is InChI=1S/C36H48N4O7/c1-36(2,3)47-35(43)37-29(21-23-10-9-11-26(20-23)44-4)34(42)39-18-16-25(17-19-39)40-33(41)28-13-8-7-12-27(28)32(38-40)24-14-15-30(45-5)31(22-24)46-6/h9-11,14-15,20,22,25,27-29H,7-8,12-13,16-19,21H2,1-6H3,(H,37,43)/t27-,28+,29+/m0/s1. The lowest BCUT2D eigenvalue weighted by atomic mass is 9.73. The number of fused-ring (bicyclic) bond motifs is 1. The van der Waals surface area contributed by atoms with Crippen molar-refractivity contribution in [2.75, 3.05) is 34.4 Å². The Hall–Kier alpha value is -4.28. The topological polar surface area (TPSA) is 119 Å². The summed E-state index contributed by atoms with van der Waals surface area (Å²) in [7, 11) is 4.81. The molecule has 0 unspecified atom stereocenters. The molecule has 0 bridgehead atoms. The molecule has 47 heavy (non-hydrogen) atoms. The Kier molecular flexibility index (Phi) is 10.6. The Bertz CT molecular complexity index is 1480. The van der Waals surface area contributed by atoms with E-state index in [1.165, 1.54) is 0 Å². The first-order chi connectivity index (χ1) is 22.5. The van der Waals surface area contributed by atoms with Crippen molar-refractivity contribution in [1.29, 1.82) is 0 Å². The molecular weight excluding hydrogens is 600 g/mol. The van der Waals surface area contributed by atoms with E-state index in [0.29, 0.717) is 43.2 Å². The minimum atomic E-state index is -0.831. The molecular formula is C36H48N4O7. The van der Waals surface area contributed by atoms with E-state index >= 15 is 0 Å². The molecule has 1 N–H and O–H groups in total. The van der Waals surface area contributed by atoms with Crippen LogP contribution in [0.4, 0.5) is 4.79 Å². The molecule has 0 radical (unpaired) electrons. The van der Waals surface area contributed by atoms with Gasteiger partial charge in [-0.05, 0) is 82.3 Å². The predicted molar refractivity (Wildman–Crippen MR) is 178 cm³/mol. The van der Waals surface area contributed by atoms with E-state index in [-0.39, 0.29) is 36.1 Å². The first-order valence-corrected chi connectivity index (χ1v) is 16.6. The Morgan fingerprint density at radius 2 is 1.62 bits per heavy atom. The first kappa shape index (κ1) is 34.1. The van der Waals surface area contributed by atoms with E-state index in [2.05, 4.69) is 5.32 Å². The lowest BCUT2D eigenvalue weighted by Crippen LogP contribution is -2.56. The zero-order valence-corrected chi connectivity index (χ0v) is 28.4. The number of rotatable bonds is 9. The van der Waals surface area contributed by atoms with Crippen molar-refractivity contribution in [3.8, 4) is 17.2 Å². The number of hydrazone groups is 1. The summed E-state index contributed by atoms with van der Waals surface area (Å²) < 4.78 is 21.9. The molecule has 3 amide bonds. The Morgan fingerprint density at radius 1 is 0.915 bits per heavy atom. The lowest BCUT2D eigenvalue weighted by molar-refractivity contribution is -0.143. The normalized spacial score (nSPS) is 20.9. The molecule has 2 aromatic carbocycles. The van der Waals surface area contributed by atoms with Crippen molar-refractivity contribution < 1.29 is 33.3 Å². The monoisotopic (exact) mass is 648 g/mol. The van der Waals surface area contributed by atoms with Crippen LogP contribution in [-0.2, 0) is 20.7 Å². The van der Waals surface area contributed by atoms with E-state index in [9.17, 15) is 14.4 Å². The maximum absolute atomic E-state index is 13.9. The van der Waals surface area contributed by atoms with E-state index in [1.807, 2.05) is 42.5 Å². The van der Waals surface area contributed by atoms with E-state index in [1.54, 1.807) is 52.0 Å². The number of nitrogens with one attached hydrogen (secondary N) is 1. The van der Waals surface area contributed by atoms with Crippen LogP contribution in [0.5, 0.6) is 17.2 Å². The minimum Gasteiger partial charge on any atom is -0.497 e. The third-order valence-electron chi connectivity index (χ3n) is 9.24. The fourth-order valence-corrected chi connectivity index (χ4v) is 6.93. The Labute approximate surface area is 277 Å². The summed E-state index contributed by atoms with van der Waals surface area (Å²) in [6.45, 7) is 6.23. The van der Waals surface area contributed by atoms with Crippen LogP contribution < -0.4 is 19.5 Å². The molecule has 2 heterocycles. The summed E-state index contributed by atoms with van der Waals surface area (Å²) in [5, 5.41) is 9.55. The van der Waals surface area contributed by atoms with Crippen LogP contribution in [0.25, 0.3) is 0 Å². The average molecular weight is 649 g/mol. The third-order valence-corrected chi connectivity index (χ3v) is 9.24. The van der Waals surface area contributed by atoms with E-state index in [0.717, 1.165) is 42.5 Å². The Balaban J connectivity index is 1.34. The molecule has 3 atom stereocenters. The fraction of sp³-hybridized carbons (Fsp3) is 0.556. The molecule has 11 nitrogen and oxygen atoms in total. The van der Waals surface area contributed by atoms with Gasteiger partial charge in [0, 0.05) is 36.9 Å². The van der Waals surface area contributed by atoms with Crippen molar-refractivity contribution in [3.05, 3.63) is 53.6 Å². The van der Waals surface area contributed by atoms with Crippen molar-refractivity contribution in [3.63, 3.8) is 0 Å². The van der Waals surface area contributed by atoms with Crippen LogP contribution in [0.2, 0.25) is 0 Å². The van der Waals surface area contributed by atoms with Crippen LogP contribution >= 0.6 is 0 Å². The van der Waals surface area contributed by atoms with Gasteiger partial charge in [-0.2, -0.15) is 5.10 Å². The van der Waals surface area contributed by atoms with Crippen LogP contribution in [0.1, 0.15) is 70.4 Å². The number of piperidine rings is 1. The smallest absolute Gasteiger partial charge is 0.408 e. The quantitative estimate of drug-likeness (QED) is 0.398. The van der Waals surface area contributed by atoms with Gasteiger partial charge in [-0.15, -0.1) is 0 Å². The molecule has 0 spiro atoms. The molecule has 0 aromatic heterocycles. The van der Waals surface area contributed by atoms with Crippen molar-refractivity contribution in [2.45, 2.75) is 83.4 Å². The second kappa shape index (κ2) is 14.6. The second-order valence-corrected chi connectivity index (χ2v) is 13.5. The average Bonchev–Trinajstić information content (AvgIpc) is 3.07. The number of alkyl carbamates (subject to hydrolysis) is 1. The Morgan fingerprint density at radius 3 is 2.28 bits per heavy atom. The highest BCUT2D eigenvalue weighted by molar-refractivity contribution is 6.07. The molecule has 3 aliphatic rings. The van der Waals surface area contributed by atoms with Gasteiger partial charge in [-0.1, -0.05) is 25.0 Å². The van der Waals surface area contributed by atoms with Crippen molar-refractivity contribution in [1.82, 2.24) is 15.2 Å². The summed E-state index contributed by atoms with van der Waals surface area (Å²) in [5.74, 6) is 1.77. The molecule has 11 heteroatoms. The van der Waals surface area contributed by atoms with Crippen molar-refractivity contribution in [2.24, 2.45) is 16.9 Å². The highest BCUT2D eigenvalue weighted by Crippen LogP contribution is 2.40. The number of benzene rings is 2. The molecule has 1 saturated heterocycles. The van der Waals surface area contributed by atoms with Gasteiger partial charge in [0.15, 0.2) is 11.5 Å². The van der Waals surface area contributed by atoms with Gasteiger partial charge in [0.25, 0.3) is 0 Å². The van der Waals surface area contributed by atoms with Gasteiger partial charge in [-0.3, -0.25) is 9.59 Å². The number of hydrogen-bond acceptors (Lipinski definition) is 8. The number of methoxy groups -OCH3 is 3. The van der Waals surface area contributed by atoms with Crippen LogP contribution in [0.3, 0.4) is 0 Å². The number of carbonyl (C=O) groups is 3. The minimum absolute atomic E-state index is 0.0589. The largest absolute Gasteiger partial charge is 0.497 e. The van der Waals surface area contributed by atoms with Gasteiger partial charge in [0.05, 0.1) is 33.1 Å². The summed E-state index contributed by atoms with van der Waals surface area (Å²) >= 11 is 0. The zero-order valence-electron chi connectivity index (χ0n) is 28.4. The summed E-state index contributed by atoms with van der Waals surface area (Å²) in [4.78, 5) is 42.4. The van der Waals surface area contributed by atoms with Crippen molar-refractivity contribution >= 4 is 23.6 Å². The number of likely N-dealkylation sites (tertiary alicyclic amines) is 1. The van der Waals surface area contributed by atoms with Gasteiger partial charge in [0.1, 0.15) is 17.4 Å². The van der Waals surface area contributed by atoms with E-state index in [4.69, 9.17) is 24.0 Å². The lowest BCUT2D eigenvalue weighted by Gasteiger charge is -2.43. The summed E-state index contributed by atoms with van der Waals surface area (Å²) in [5.41, 5.74) is 1.99. The van der Waals surface area contributed by atoms with Crippen LogP contribution in [0, 0.1) is 11.8 Å². The summed E-state index contributed by atoms with van der Waals surface area (Å²) in [6.07, 6.45) is 4.64. The number of hydrogen-bond donors (Lipinski definition) is 1. The van der Waals surface area contributed by atoms with Crippen LogP contribution in [0.15, 0.2) is 47.6 Å². The van der Waals surface area contributed by atoms with Gasteiger partial charge >= 0.3 is 6.09 Å². The zero-order chi connectivity index (χ0) is 33.7. The molecule has 2 aromatic rings. The second-order valence-electron chi connectivity index (χ2n) is 13.5. The number of ether oxygens (including phenoxy) is 4. The van der Waals surface area contributed by atoms with Gasteiger partial charge < -0.3 is 29.2 Å². The first-order valence-electron chi connectivity index (χ1n) is 16.6. The molecule has 5 rings (SSSR count). The molecule has 2 aliphatic heterocycles. The highest BCUT2D eigenvalue weighted by Gasteiger charge is 2.44. The summed E-state index contributed by atoms with van der Waals surface area (Å²) in [6, 6.07) is 12.3.